The summed E-state index contributed by atoms with van der Waals surface area (Å²) in [5.74, 6) is 5.59. The maximum absolute atomic E-state index is 12.6. The quantitative estimate of drug-likeness (QED) is 0.0201. The SMILES string of the molecule is COC(=O)CSCCCS[C@H]1C(=O)C=C[C@@H]1/C=C/C(CCc1cc2ccccc2s1)O[Si](C)(C)C(C)(C)C.COC(=O)CSCCCS[C@H]1C(O[Si](C)(C)C(C)(C)C)=C[C@@H](O[Si](C)(C)C(C)(C)C)[C@@H]1/C=C/C(CCc1cc2ccccc2s1)O[Si](C)(C)C(C)(C)C. The van der Waals surface area contributed by atoms with Crippen molar-refractivity contribution in [1.29, 1.82) is 0 Å². The average molecular weight is 1430 g/mol. The highest BCUT2D eigenvalue weighted by molar-refractivity contribution is 8.01. The number of allylic oxidation sites excluding steroid dienone is 3. The number of hydrogen-bond acceptors (Lipinski definition) is 15. The van der Waals surface area contributed by atoms with Crippen molar-refractivity contribution in [3.05, 3.63) is 119 Å². The molecule has 7 atom stereocenters. The number of fused-ring (bicyclic) bond motifs is 2. The standard InChI is InChI=1S/C42H72O5S3Si3.C30H42O4S3Si/c1-40(2,3)51(11,12)45-32(22-24-33-28-31-20-17-18-21-37(31)50-33)23-25-34-35(46-52(13,14)41(4,5)6)29-36(47-53(15,16)42(7,8)9)39(34)49-27-19-26-48-30-38(43)44-10;1-30(2,3)38(5,6)34-24(15-16-25-20-23-10-7-8-11-27(23)37-25)14-12-22-13-17-26(31)29(22)36-19-9-18-35-21-28(32)33-4/h17-18,20-21,23,25,28-29,32,34-35,39H,19,22,24,26-27,30H2,1-16H3;7-8,10-14,17,20,22,24,29H,9,15-16,18-19,21H2,1-6H3/b25-23+;14-12+/t32?,34-,35+,39+;22-,24?,29+/m00/s1. The number of ether oxygens (including phenoxy) is 2. The van der Waals surface area contributed by atoms with Crippen molar-refractivity contribution < 1.29 is 41.6 Å². The normalized spacial score (nSPS) is 19.6. The zero-order chi connectivity index (χ0) is 67.8. The van der Waals surface area contributed by atoms with Crippen molar-refractivity contribution in [2.75, 3.05) is 48.7 Å². The molecule has 0 fully saturated rings. The molecule has 9 nitrogen and oxygen atoms in total. The van der Waals surface area contributed by atoms with Crippen molar-refractivity contribution in [3.8, 4) is 0 Å². The van der Waals surface area contributed by atoms with Crippen molar-refractivity contribution in [1.82, 2.24) is 0 Å². The molecule has 4 aromatic rings. The van der Waals surface area contributed by atoms with Gasteiger partial charge >= 0.3 is 11.9 Å². The molecule has 0 N–H and O–H groups in total. The Labute approximate surface area is 579 Å². The fraction of sp³-hybridized carbons (Fsp3) is 0.625. The molecular weight excluding hydrogens is 1310 g/mol. The number of aryl methyl sites for hydroxylation is 2. The monoisotopic (exact) mass is 1430 g/mol. The minimum absolute atomic E-state index is 0.000330. The van der Waals surface area contributed by atoms with Gasteiger partial charge in [0.1, 0.15) is 0 Å². The van der Waals surface area contributed by atoms with E-state index < -0.39 is 33.3 Å². The number of esters is 2. The van der Waals surface area contributed by atoms with E-state index in [0.717, 1.165) is 67.3 Å². The zero-order valence-corrected chi connectivity index (χ0v) is 68.4. The number of rotatable bonds is 32. The molecule has 0 bridgehead atoms. The molecule has 508 valence electrons. The molecule has 2 aliphatic carbocycles. The molecule has 2 aromatic heterocycles. The fourth-order valence-electron chi connectivity index (χ4n) is 9.32. The lowest BCUT2D eigenvalue weighted by atomic mass is 10.0. The summed E-state index contributed by atoms with van der Waals surface area (Å²) in [7, 11) is -5.42. The Bertz CT molecular complexity index is 3010. The number of thioether (sulfide) groups is 4. The Balaban J connectivity index is 0.000000349. The molecule has 2 heterocycles. The van der Waals surface area contributed by atoms with Crippen molar-refractivity contribution in [2.24, 2.45) is 11.8 Å². The van der Waals surface area contributed by atoms with Gasteiger partial charge in [0.2, 0.25) is 8.32 Å². The van der Waals surface area contributed by atoms with E-state index in [4.69, 9.17) is 22.4 Å². The van der Waals surface area contributed by atoms with Gasteiger partial charge in [-0.15, -0.1) is 46.2 Å². The van der Waals surface area contributed by atoms with Crippen LogP contribution in [-0.4, -0.2) is 129 Å². The van der Waals surface area contributed by atoms with Crippen LogP contribution in [0.15, 0.2) is 109 Å². The van der Waals surface area contributed by atoms with Gasteiger partial charge in [-0.05, 0) is 181 Å². The molecule has 0 saturated carbocycles. The van der Waals surface area contributed by atoms with Crippen LogP contribution >= 0.6 is 69.7 Å². The summed E-state index contributed by atoms with van der Waals surface area (Å²) in [5.41, 5.74) is 0. The molecule has 0 radical (unpaired) electrons. The predicted octanol–water partition coefficient (Wildman–Crippen LogP) is 21.0. The zero-order valence-electron chi connectivity index (χ0n) is 59.5. The third-order valence-electron chi connectivity index (χ3n) is 19.1. The van der Waals surface area contributed by atoms with Crippen LogP contribution in [0.1, 0.15) is 119 Å². The van der Waals surface area contributed by atoms with E-state index in [2.05, 4.69) is 231 Å². The molecule has 2 aromatic carbocycles. The number of benzene rings is 2. The minimum Gasteiger partial charge on any atom is -0.546 e. The van der Waals surface area contributed by atoms with Gasteiger partial charge in [0.15, 0.2) is 30.7 Å². The fourth-order valence-corrected chi connectivity index (χ4v) is 21.0. The molecule has 19 heteroatoms. The lowest BCUT2D eigenvalue weighted by molar-refractivity contribution is -0.138. The van der Waals surface area contributed by atoms with Crippen molar-refractivity contribution in [3.63, 3.8) is 0 Å². The first-order valence-electron chi connectivity index (χ1n) is 32.8. The maximum atomic E-state index is 12.6. The summed E-state index contributed by atoms with van der Waals surface area (Å²) < 4.78 is 40.9. The van der Waals surface area contributed by atoms with Gasteiger partial charge in [0.25, 0.3) is 0 Å². The maximum Gasteiger partial charge on any atom is 0.315 e. The lowest BCUT2D eigenvalue weighted by Crippen LogP contribution is -2.45. The van der Waals surface area contributed by atoms with E-state index in [-0.39, 0.29) is 78.5 Å². The molecule has 2 unspecified atom stereocenters. The van der Waals surface area contributed by atoms with Crippen molar-refractivity contribution in [2.45, 2.75) is 223 Å². The van der Waals surface area contributed by atoms with E-state index in [9.17, 15) is 14.4 Å². The summed E-state index contributed by atoms with van der Waals surface area (Å²) in [6.45, 7) is 46.5. The number of carbonyl (C=O) groups is 3. The van der Waals surface area contributed by atoms with Crippen LogP contribution in [0.2, 0.25) is 72.5 Å². The first-order valence-corrected chi connectivity index (χ1v) is 50.5. The third kappa shape index (κ3) is 24.4. The third-order valence-corrected chi connectivity index (χ3v) is 44.2. The summed E-state index contributed by atoms with van der Waals surface area (Å²) in [4.78, 5) is 38.4. The second-order valence-corrected chi connectivity index (χ2v) is 56.5. The van der Waals surface area contributed by atoms with E-state index in [1.54, 1.807) is 41.4 Å². The van der Waals surface area contributed by atoms with Gasteiger partial charge in [0.05, 0.1) is 60.3 Å². The van der Waals surface area contributed by atoms with Gasteiger partial charge in [-0.1, -0.05) is 150 Å². The molecule has 0 saturated heterocycles. The number of ketones is 1. The van der Waals surface area contributed by atoms with Crippen LogP contribution < -0.4 is 0 Å². The molecule has 0 amide bonds. The van der Waals surface area contributed by atoms with Gasteiger partial charge < -0.3 is 27.2 Å². The molecule has 0 aliphatic heterocycles. The van der Waals surface area contributed by atoms with Crippen molar-refractivity contribution >= 4 is 141 Å². The Morgan fingerprint density at radius 1 is 0.571 bits per heavy atom. The van der Waals surface area contributed by atoms with Crippen LogP contribution in [-0.2, 0) is 54.4 Å². The smallest absolute Gasteiger partial charge is 0.315 e. The van der Waals surface area contributed by atoms with Gasteiger partial charge in [-0.3, -0.25) is 14.4 Å². The highest BCUT2D eigenvalue weighted by Crippen LogP contribution is 2.48. The number of carbonyl (C=O) groups excluding carboxylic acids is 3. The number of thiophene rings is 2. The van der Waals surface area contributed by atoms with E-state index >= 15 is 0 Å². The number of methoxy groups -OCH3 is 2. The van der Waals surface area contributed by atoms with Crippen LogP contribution in [0.4, 0.5) is 0 Å². The predicted molar refractivity (Wildman–Crippen MR) is 413 cm³/mol. The largest absolute Gasteiger partial charge is 0.546 e. The lowest BCUT2D eigenvalue weighted by Gasteiger charge is -2.40. The highest BCUT2D eigenvalue weighted by Gasteiger charge is 2.48. The Kier molecular flexibility index (Phi) is 30.5. The van der Waals surface area contributed by atoms with E-state index in [1.165, 1.54) is 44.1 Å². The summed E-state index contributed by atoms with van der Waals surface area (Å²) >= 11 is 10.7. The van der Waals surface area contributed by atoms with E-state index in [0.29, 0.717) is 11.5 Å². The Morgan fingerprint density at radius 3 is 1.43 bits per heavy atom. The van der Waals surface area contributed by atoms with Gasteiger partial charge in [0, 0.05) is 31.0 Å². The summed E-state index contributed by atoms with van der Waals surface area (Å²) in [5, 5.41) is 3.08. The Morgan fingerprint density at radius 2 is 1.00 bits per heavy atom. The first kappa shape index (κ1) is 79.6. The van der Waals surface area contributed by atoms with Crippen LogP contribution in [0.25, 0.3) is 20.2 Å². The Hall–Kier alpha value is -2.12. The molecular formula is C72H114O9S6Si4. The molecule has 0 spiro atoms. The van der Waals surface area contributed by atoms with Crippen LogP contribution in [0.3, 0.4) is 0 Å². The molecule has 91 heavy (non-hydrogen) atoms. The van der Waals surface area contributed by atoms with Crippen LogP contribution in [0, 0.1) is 11.8 Å². The molecule has 2 aliphatic rings. The summed E-state index contributed by atoms with van der Waals surface area (Å²) in [6, 6.07) is 21.9. The molecule has 6 rings (SSSR count). The highest BCUT2D eigenvalue weighted by atomic mass is 32.2. The van der Waals surface area contributed by atoms with Gasteiger partial charge in [-0.25, -0.2) is 0 Å². The first-order chi connectivity index (χ1) is 42.3. The number of hydrogen-bond donors (Lipinski definition) is 0. The average Bonchev–Trinajstić information content (AvgIpc) is 1.68. The summed E-state index contributed by atoms with van der Waals surface area (Å²) in [6.07, 6.45) is 21.1. The second kappa shape index (κ2) is 34.9. The van der Waals surface area contributed by atoms with Crippen LogP contribution in [0.5, 0.6) is 0 Å². The minimum atomic E-state index is -2.13. The second-order valence-electron chi connectivity index (χ2n) is 30.4. The van der Waals surface area contributed by atoms with E-state index in [1.807, 2.05) is 40.5 Å². The van der Waals surface area contributed by atoms with Gasteiger partial charge in [-0.2, -0.15) is 23.5 Å². The topological polar surface area (TPSA) is 107 Å².